The average molecular weight is 620 g/mol. The van der Waals surface area contributed by atoms with E-state index in [1.807, 2.05) is 4.83 Å². The van der Waals surface area contributed by atoms with Crippen LogP contribution >= 0.6 is 11.8 Å². The van der Waals surface area contributed by atoms with Gasteiger partial charge in [-0.3, -0.25) is 28.9 Å². The summed E-state index contributed by atoms with van der Waals surface area (Å²) in [6.07, 6.45) is -7.60. The van der Waals surface area contributed by atoms with E-state index in [1.54, 1.807) is 0 Å². The van der Waals surface area contributed by atoms with Crippen molar-refractivity contribution in [2.24, 2.45) is 5.10 Å². The first-order valence-corrected chi connectivity index (χ1v) is 14.3. The van der Waals surface area contributed by atoms with Gasteiger partial charge in [-0.15, -0.1) is 5.10 Å². The molecule has 1 aromatic carbocycles. The summed E-state index contributed by atoms with van der Waals surface area (Å²) in [5, 5.41) is 3.57. The predicted molar refractivity (Wildman–Crippen MR) is 135 cm³/mol. The molecule has 0 unspecified atom stereocenters. The molecule has 15 nitrogen and oxygen atoms in total. The van der Waals surface area contributed by atoms with Crippen molar-refractivity contribution < 1.29 is 60.5 Å². The van der Waals surface area contributed by atoms with Crippen molar-refractivity contribution in [3.8, 4) is 0 Å². The topological polar surface area (TPSA) is 193 Å². The van der Waals surface area contributed by atoms with Crippen LogP contribution in [0.5, 0.6) is 0 Å². The third-order valence-electron chi connectivity index (χ3n) is 5.41. The smallest absolute Gasteiger partial charge is 0.303 e. The number of amidine groups is 1. The van der Waals surface area contributed by atoms with E-state index in [0.717, 1.165) is 68.6 Å². The SMILES string of the molecule is CC(=O)OC[C@H]1O[C@@H](N2C(=O)CS/C2=N\NS(=O)(=O)c2ccc(F)cc2)[C@H](OC(C)=O)[C@@H](OC(C)=O)[C@@H]1OC(C)=O. The first-order chi connectivity index (χ1) is 19.2. The molecule has 1 amide bonds. The molecule has 0 radical (unpaired) electrons. The van der Waals surface area contributed by atoms with Gasteiger partial charge in [0.15, 0.2) is 29.7 Å². The average Bonchev–Trinajstić information content (AvgIpc) is 3.23. The Morgan fingerprint density at radius 3 is 2.10 bits per heavy atom. The lowest BCUT2D eigenvalue weighted by Gasteiger charge is -2.46. The molecule has 0 bridgehead atoms. The number of ether oxygens (including phenoxy) is 5. The second-order valence-corrected chi connectivity index (χ2v) is 11.2. The van der Waals surface area contributed by atoms with Crippen molar-refractivity contribution in [1.29, 1.82) is 0 Å². The van der Waals surface area contributed by atoms with Crippen molar-refractivity contribution in [2.75, 3.05) is 12.4 Å². The van der Waals surface area contributed by atoms with Crippen LogP contribution in [0.3, 0.4) is 0 Å². The number of amides is 1. The molecule has 1 aromatic rings. The standard InChI is InChI=1S/C23H26FN3O12S2/c1-11(28)35-9-17-19(36-12(2)29)20(37-13(3)30)21(38-14(4)31)22(39-17)27-18(32)10-40-23(27)25-26-41(33,34)16-7-5-15(24)6-8-16/h5-8,17,19-22,26H,9-10H2,1-4H3/b25-23-/t17-,19-,20+,21-,22-/m1/s1. The minimum Gasteiger partial charge on any atom is -0.463 e. The van der Waals surface area contributed by atoms with Gasteiger partial charge in [-0.1, -0.05) is 11.8 Å². The third kappa shape index (κ3) is 8.14. The summed E-state index contributed by atoms with van der Waals surface area (Å²) in [5.74, 6) is -4.92. The lowest BCUT2D eigenvalue weighted by atomic mass is 9.96. The highest BCUT2D eigenvalue weighted by Gasteiger charge is 2.56. The Morgan fingerprint density at radius 1 is 0.976 bits per heavy atom. The molecule has 2 heterocycles. The molecule has 0 saturated carbocycles. The zero-order valence-electron chi connectivity index (χ0n) is 22.1. The van der Waals surface area contributed by atoms with E-state index in [2.05, 4.69) is 5.10 Å². The van der Waals surface area contributed by atoms with Gasteiger partial charge in [0.25, 0.3) is 10.0 Å². The number of esters is 4. The monoisotopic (exact) mass is 619 g/mol. The van der Waals surface area contributed by atoms with Crippen molar-refractivity contribution in [2.45, 2.75) is 63.2 Å². The van der Waals surface area contributed by atoms with Gasteiger partial charge in [0, 0.05) is 27.7 Å². The molecule has 3 rings (SSSR count). The summed E-state index contributed by atoms with van der Waals surface area (Å²) >= 11 is 0.798. The van der Waals surface area contributed by atoms with E-state index in [-0.39, 0.29) is 15.8 Å². The fraction of sp³-hybridized carbons (Fsp3) is 0.478. The maximum Gasteiger partial charge on any atom is 0.303 e. The van der Waals surface area contributed by atoms with Gasteiger partial charge < -0.3 is 23.7 Å². The minimum absolute atomic E-state index is 0.246. The van der Waals surface area contributed by atoms with E-state index < -0.39 is 82.9 Å². The molecule has 1 N–H and O–H groups in total. The summed E-state index contributed by atoms with van der Waals surface area (Å²) < 4.78 is 65.6. The number of halogens is 1. The van der Waals surface area contributed by atoms with Crippen molar-refractivity contribution >= 4 is 56.7 Å². The summed E-state index contributed by atoms with van der Waals surface area (Å²) in [6.45, 7) is 3.69. The minimum atomic E-state index is -4.31. The number of hydrazone groups is 1. The number of thioether (sulfide) groups is 1. The number of hydrogen-bond donors (Lipinski definition) is 1. The van der Waals surface area contributed by atoms with E-state index in [1.165, 1.54) is 0 Å². The highest BCUT2D eigenvalue weighted by atomic mass is 32.2. The van der Waals surface area contributed by atoms with E-state index in [0.29, 0.717) is 0 Å². The number of carbonyl (C=O) groups excluding carboxylic acids is 5. The molecule has 41 heavy (non-hydrogen) atoms. The normalized spacial score (nSPS) is 25.4. The summed E-state index contributed by atoms with van der Waals surface area (Å²) in [5.41, 5.74) is 0. The molecular formula is C23H26FN3O12S2. The zero-order valence-corrected chi connectivity index (χ0v) is 23.7. The Kier molecular flexibility index (Phi) is 10.3. The van der Waals surface area contributed by atoms with Gasteiger partial charge in [-0.05, 0) is 24.3 Å². The maximum absolute atomic E-state index is 13.2. The second kappa shape index (κ2) is 13.3. The molecule has 5 atom stereocenters. The summed E-state index contributed by atoms with van der Waals surface area (Å²) in [4.78, 5) is 63.1. The van der Waals surface area contributed by atoms with Crippen molar-refractivity contribution in [3.05, 3.63) is 30.1 Å². The molecule has 224 valence electrons. The molecule has 2 aliphatic rings. The van der Waals surface area contributed by atoms with Crippen LogP contribution in [0.25, 0.3) is 0 Å². The largest absolute Gasteiger partial charge is 0.463 e. The Balaban J connectivity index is 2.04. The molecule has 2 fully saturated rings. The third-order valence-corrected chi connectivity index (χ3v) is 7.57. The molecule has 18 heteroatoms. The van der Waals surface area contributed by atoms with Gasteiger partial charge in [-0.2, -0.15) is 13.2 Å². The first-order valence-electron chi connectivity index (χ1n) is 11.8. The fourth-order valence-electron chi connectivity index (χ4n) is 3.89. The Bertz CT molecular complexity index is 1340. The van der Waals surface area contributed by atoms with Crippen molar-refractivity contribution in [3.63, 3.8) is 0 Å². The number of nitrogens with one attached hydrogen (secondary N) is 1. The van der Waals surface area contributed by atoms with Gasteiger partial charge in [0.1, 0.15) is 18.5 Å². The van der Waals surface area contributed by atoms with Gasteiger partial charge in [0.2, 0.25) is 5.91 Å². The van der Waals surface area contributed by atoms with E-state index in [9.17, 15) is 36.8 Å². The number of carbonyl (C=O) groups is 5. The fourth-order valence-corrected chi connectivity index (χ4v) is 5.60. The quantitative estimate of drug-likeness (QED) is 0.221. The number of sulfonamides is 1. The Morgan fingerprint density at radius 2 is 1.54 bits per heavy atom. The lowest BCUT2D eigenvalue weighted by molar-refractivity contribution is -0.268. The second-order valence-electron chi connectivity index (χ2n) is 8.59. The predicted octanol–water partition coefficient (Wildman–Crippen LogP) is 0.0335. The molecule has 0 spiro atoms. The summed E-state index contributed by atoms with van der Waals surface area (Å²) in [6, 6.07) is 3.86. The number of benzene rings is 1. The highest BCUT2D eigenvalue weighted by Crippen LogP contribution is 2.34. The van der Waals surface area contributed by atoms with Crippen LogP contribution in [0.2, 0.25) is 0 Å². The van der Waals surface area contributed by atoms with E-state index >= 15 is 0 Å². The Hall–Kier alpha value is -3.77. The highest BCUT2D eigenvalue weighted by molar-refractivity contribution is 8.15. The maximum atomic E-state index is 13.2. The molecule has 2 saturated heterocycles. The lowest BCUT2D eigenvalue weighted by Crippen LogP contribution is -2.66. The number of nitrogens with zero attached hydrogens (tertiary/aromatic N) is 2. The molecular weight excluding hydrogens is 593 g/mol. The molecule has 0 aliphatic carbocycles. The van der Waals surface area contributed by atoms with Crippen LogP contribution < -0.4 is 4.83 Å². The van der Waals surface area contributed by atoms with Gasteiger partial charge in [-0.25, -0.2) is 4.39 Å². The van der Waals surface area contributed by atoms with Gasteiger partial charge >= 0.3 is 23.9 Å². The first kappa shape index (κ1) is 31.8. The Labute approximate surface area is 237 Å². The molecule has 0 aromatic heterocycles. The molecule has 2 aliphatic heterocycles. The summed E-state index contributed by atoms with van der Waals surface area (Å²) in [7, 11) is -4.31. The number of rotatable bonds is 9. The van der Waals surface area contributed by atoms with Crippen LogP contribution in [0.15, 0.2) is 34.3 Å². The van der Waals surface area contributed by atoms with Crippen LogP contribution in [0, 0.1) is 5.82 Å². The number of hydrogen-bond acceptors (Lipinski definition) is 14. The van der Waals surface area contributed by atoms with Crippen LogP contribution in [-0.4, -0.2) is 91.3 Å². The van der Waals surface area contributed by atoms with Crippen molar-refractivity contribution in [1.82, 2.24) is 9.73 Å². The zero-order chi connectivity index (χ0) is 30.5. The van der Waals surface area contributed by atoms with E-state index in [4.69, 9.17) is 23.7 Å². The van der Waals surface area contributed by atoms with Crippen LogP contribution in [-0.2, 0) is 57.7 Å². The van der Waals surface area contributed by atoms with Gasteiger partial charge in [0.05, 0.1) is 10.6 Å². The van der Waals surface area contributed by atoms with Crippen LogP contribution in [0.1, 0.15) is 27.7 Å². The van der Waals surface area contributed by atoms with Crippen LogP contribution in [0.4, 0.5) is 4.39 Å².